The molecule has 1 aromatic carbocycles. The number of benzene rings is 1. The highest BCUT2D eigenvalue weighted by molar-refractivity contribution is 6.02. The van der Waals surface area contributed by atoms with Crippen LogP contribution in [0.25, 0.3) is 0 Å². The molecule has 0 aliphatic heterocycles. The zero-order valence-corrected chi connectivity index (χ0v) is 10.3. The molecule has 1 aromatic rings. The van der Waals surface area contributed by atoms with Crippen LogP contribution in [0.15, 0.2) is 36.4 Å². The van der Waals surface area contributed by atoms with Crippen molar-refractivity contribution in [2.75, 3.05) is 0 Å². The van der Waals surface area contributed by atoms with Gasteiger partial charge in [-0.25, -0.2) is 9.59 Å². The zero-order chi connectivity index (χ0) is 14.3. The van der Waals surface area contributed by atoms with Crippen molar-refractivity contribution < 1.29 is 19.5 Å². The van der Waals surface area contributed by atoms with Gasteiger partial charge in [-0.15, -0.1) is 0 Å². The number of nitrogens with one attached hydrogen (secondary N) is 2. The molecule has 0 bridgehead atoms. The van der Waals surface area contributed by atoms with Gasteiger partial charge in [0.2, 0.25) is 0 Å². The van der Waals surface area contributed by atoms with E-state index in [4.69, 9.17) is 5.11 Å². The molecule has 0 unspecified atom stereocenters. The molecule has 0 saturated carbocycles. The normalized spacial score (nSPS) is 10.2. The van der Waals surface area contributed by atoms with Crippen molar-refractivity contribution in [3.63, 3.8) is 0 Å². The van der Waals surface area contributed by atoms with Gasteiger partial charge in [0, 0.05) is 18.7 Å². The van der Waals surface area contributed by atoms with Crippen LogP contribution in [0, 0.1) is 6.92 Å². The Balaban J connectivity index is 2.37. The average molecular weight is 262 g/mol. The molecule has 0 heterocycles. The van der Waals surface area contributed by atoms with Crippen molar-refractivity contribution >= 4 is 17.9 Å². The molecule has 3 amide bonds. The lowest BCUT2D eigenvalue weighted by atomic mass is 10.1. The maximum atomic E-state index is 11.3. The molecule has 0 aliphatic rings. The van der Waals surface area contributed by atoms with E-state index in [1.54, 1.807) is 0 Å². The Labute approximate surface area is 110 Å². The number of carboxylic acid groups (broad SMARTS) is 1. The molecule has 100 valence electrons. The first-order chi connectivity index (χ1) is 8.97. The van der Waals surface area contributed by atoms with Crippen molar-refractivity contribution in [3.8, 4) is 0 Å². The molecule has 19 heavy (non-hydrogen) atoms. The van der Waals surface area contributed by atoms with Gasteiger partial charge in [0.25, 0.3) is 5.91 Å². The van der Waals surface area contributed by atoms with E-state index in [9.17, 15) is 14.4 Å². The van der Waals surface area contributed by atoms with Crippen LogP contribution in [0.4, 0.5) is 4.79 Å². The van der Waals surface area contributed by atoms with E-state index in [2.05, 4.69) is 5.32 Å². The Morgan fingerprint density at radius 3 is 2.37 bits per heavy atom. The van der Waals surface area contributed by atoms with E-state index in [0.717, 1.165) is 17.2 Å². The smallest absolute Gasteiger partial charge is 0.328 e. The molecule has 0 radical (unpaired) electrons. The second-order valence-corrected chi connectivity index (χ2v) is 3.83. The zero-order valence-electron chi connectivity index (χ0n) is 10.3. The number of carboxylic acids is 1. The lowest BCUT2D eigenvalue weighted by molar-refractivity contribution is -0.131. The van der Waals surface area contributed by atoms with Crippen molar-refractivity contribution in [1.29, 1.82) is 0 Å². The molecule has 0 atom stereocenters. The summed E-state index contributed by atoms with van der Waals surface area (Å²) < 4.78 is 0. The standard InChI is InChI=1S/C13H14N2O4/c1-9-2-4-10(5-3-9)8-14-13(19)15-11(16)6-7-12(17)18/h2-7H,8H2,1H3,(H,17,18)(H2,14,15,16,19)/b7-6+. The number of hydrogen-bond acceptors (Lipinski definition) is 3. The number of carbonyl (C=O) groups excluding carboxylic acids is 2. The molecule has 0 spiro atoms. The topological polar surface area (TPSA) is 95.5 Å². The van der Waals surface area contributed by atoms with Gasteiger partial charge in [-0.05, 0) is 12.5 Å². The number of rotatable bonds is 4. The number of amides is 3. The monoisotopic (exact) mass is 262 g/mol. The van der Waals surface area contributed by atoms with Gasteiger partial charge in [0.1, 0.15) is 0 Å². The highest BCUT2D eigenvalue weighted by atomic mass is 16.4. The molecule has 0 fully saturated rings. The van der Waals surface area contributed by atoms with E-state index < -0.39 is 17.9 Å². The predicted octanol–water partition coefficient (Wildman–Crippen LogP) is 0.962. The molecular weight excluding hydrogens is 248 g/mol. The molecule has 0 aromatic heterocycles. The third-order valence-electron chi connectivity index (χ3n) is 2.19. The number of urea groups is 1. The first-order valence-electron chi connectivity index (χ1n) is 5.53. The number of carbonyl (C=O) groups is 3. The maximum Gasteiger partial charge on any atom is 0.328 e. The van der Waals surface area contributed by atoms with Crippen LogP contribution >= 0.6 is 0 Å². The van der Waals surface area contributed by atoms with Gasteiger partial charge >= 0.3 is 12.0 Å². The quantitative estimate of drug-likeness (QED) is 0.704. The van der Waals surface area contributed by atoms with Crippen LogP contribution in [0.2, 0.25) is 0 Å². The summed E-state index contributed by atoms with van der Waals surface area (Å²) in [6, 6.07) is 6.87. The summed E-state index contributed by atoms with van der Waals surface area (Å²) in [5.41, 5.74) is 2.01. The Morgan fingerprint density at radius 2 is 1.79 bits per heavy atom. The summed E-state index contributed by atoms with van der Waals surface area (Å²) in [5, 5.41) is 12.8. The van der Waals surface area contributed by atoms with E-state index >= 15 is 0 Å². The first kappa shape index (κ1) is 14.4. The predicted molar refractivity (Wildman–Crippen MR) is 68.3 cm³/mol. The highest BCUT2D eigenvalue weighted by Crippen LogP contribution is 2.02. The van der Waals surface area contributed by atoms with Gasteiger partial charge in [-0.2, -0.15) is 0 Å². The fourth-order valence-corrected chi connectivity index (χ4v) is 1.23. The minimum absolute atomic E-state index is 0.280. The van der Waals surface area contributed by atoms with Crippen LogP contribution in [0.3, 0.4) is 0 Å². The SMILES string of the molecule is Cc1ccc(CNC(=O)NC(=O)/C=C/C(=O)O)cc1. The third kappa shape index (κ3) is 6.02. The fourth-order valence-electron chi connectivity index (χ4n) is 1.23. The summed E-state index contributed by atoms with van der Waals surface area (Å²) in [4.78, 5) is 32.6. The highest BCUT2D eigenvalue weighted by Gasteiger charge is 2.04. The van der Waals surface area contributed by atoms with E-state index in [-0.39, 0.29) is 6.54 Å². The Bertz CT molecular complexity index is 506. The van der Waals surface area contributed by atoms with E-state index in [1.807, 2.05) is 36.5 Å². The molecule has 6 nitrogen and oxygen atoms in total. The van der Waals surface area contributed by atoms with Gasteiger partial charge in [0.05, 0.1) is 0 Å². The second kappa shape index (κ2) is 6.95. The summed E-state index contributed by atoms with van der Waals surface area (Å²) >= 11 is 0. The largest absolute Gasteiger partial charge is 0.478 e. The van der Waals surface area contributed by atoms with Crippen molar-refractivity contribution in [3.05, 3.63) is 47.5 Å². The number of aryl methyl sites for hydroxylation is 1. The lowest BCUT2D eigenvalue weighted by Gasteiger charge is -2.05. The number of imide groups is 1. The maximum absolute atomic E-state index is 11.3. The lowest BCUT2D eigenvalue weighted by Crippen LogP contribution is -2.38. The van der Waals surface area contributed by atoms with Gasteiger partial charge in [0.15, 0.2) is 0 Å². The van der Waals surface area contributed by atoms with Crippen LogP contribution < -0.4 is 10.6 Å². The van der Waals surface area contributed by atoms with Crippen LogP contribution in [0.1, 0.15) is 11.1 Å². The first-order valence-corrected chi connectivity index (χ1v) is 5.53. The minimum atomic E-state index is -1.25. The molecular formula is C13H14N2O4. The van der Waals surface area contributed by atoms with Crippen LogP contribution in [-0.4, -0.2) is 23.0 Å². The Hall–Kier alpha value is -2.63. The van der Waals surface area contributed by atoms with Crippen LogP contribution in [-0.2, 0) is 16.1 Å². The fraction of sp³-hybridized carbons (Fsp3) is 0.154. The van der Waals surface area contributed by atoms with E-state index in [0.29, 0.717) is 6.08 Å². The summed E-state index contributed by atoms with van der Waals surface area (Å²) in [6.45, 7) is 2.24. The summed E-state index contributed by atoms with van der Waals surface area (Å²) in [6.07, 6.45) is 1.43. The van der Waals surface area contributed by atoms with E-state index in [1.165, 1.54) is 0 Å². The summed E-state index contributed by atoms with van der Waals surface area (Å²) in [7, 11) is 0. The Morgan fingerprint density at radius 1 is 1.16 bits per heavy atom. The third-order valence-corrected chi connectivity index (χ3v) is 2.19. The Kier molecular flexibility index (Phi) is 5.28. The minimum Gasteiger partial charge on any atom is -0.478 e. The van der Waals surface area contributed by atoms with Gasteiger partial charge < -0.3 is 10.4 Å². The summed E-state index contributed by atoms with van der Waals surface area (Å²) in [5.74, 6) is -2.04. The van der Waals surface area contributed by atoms with Crippen molar-refractivity contribution in [2.24, 2.45) is 0 Å². The molecule has 1 rings (SSSR count). The second-order valence-electron chi connectivity index (χ2n) is 3.83. The molecule has 6 heteroatoms. The van der Waals surface area contributed by atoms with Crippen molar-refractivity contribution in [2.45, 2.75) is 13.5 Å². The average Bonchev–Trinajstić information content (AvgIpc) is 2.36. The molecule has 0 saturated heterocycles. The van der Waals surface area contributed by atoms with Gasteiger partial charge in [-0.3, -0.25) is 10.1 Å². The number of aliphatic carboxylic acids is 1. The molecule has 0 aliphatic carbocycles. The van der Waals surface area contributed by atoms with Crippen LogP contribution in [0.5, 0.6) is 0 Å². The van der Waals surface area contributed by atoms with Gasteiger partial charge in [-0.1, -0.05) is 29.8 Å². The number of hydrogen-bond donors (Lipinski definition) is 3. The molecule has 3 N–H and O–H groups in total. The van der Waals surface area contributed by atoms with Crippen molar-refractivity contribution in [1.82, 2.24) is 10.6 Å².